The van der Waals surface area contributed by atoms with Crippen molar-refractivity contribution in [1.82, 2.24) is 14.7 Å². The fourth-order valence-electron chi connectivity index (χ4n) is 3.14. The molecule has 4 nitrogen and oxygen atoms in total. The lowest BCUT2D eigenvalue weighted by molar-refractivity contribution is 0.588. The molecule has 114 valence electrons. The minimum absolute atomic E-state index is 0.986. The van der Waals surface area contributed by atoms with Crippen molar-refractivity contribution in [3.05, 3.63) is 41.5 Å². The highest BCUT2D eigenvalue weighted by Crippen LogP contribution is 2.30. The SMILES string of the molecule is CCc1c(-c2cccs2)nc2ccc(N3CCNCC3)cn12. The summed E-state index contributed by atoms with van der Waals surface area (Å²) < 4.78 is 2.27. The molecule has 0 atom stereocenters. The zero-order valence-corrected chi connectivity index (χ0v) is 13.6. The highest BCUT2D eigenvalue weighted by Gasteiger charge is 2.16. The van der Waals surface area contributed by atoms with Crippen LogP contribution in [0.25, 0.3) is 16.2 Å². The van der Waals surface area contributed by atoms with E-state index in [2.05, 4.69) is 57.4 Å². The van der Waals surface area contributed by atoms with Crippen molar-refractivity contribution >= 4 is 22.7 Å². The van der Waals surface area contributed by atoms with E-state index in [1.165, 1.54) is 16.3 Å². The molecule has 0 radical (unpaired) electrons. The Kier molecular flexibility index (Phi) is 3.60. The Morgan fingerprint density at radius 1 is 1.23 bits per heavy atom. The number of nitrogens with one attached hydrogen (secondary N) is 1. The molecule has 3 aromatic rings. The zero-order chi connectivity index (χ0) is 14.9. The Balaban J connectivity index is 1.81. The smallest absolute Gasteiger partial charge is 0.137 e. The van der Waals surface area contributed by atoms with Crippen LogP contribution >= 0.6 is 11.3 Å². The lowest BCUT2D eigenvalue weighted by Gasteiger charge is -2.29. The molecule has 0 unspecified atom stereocenters. The Morgan fingerprint density at radius 2 is 2.09 bits per heavy atom. The maximum Gasteiger partial charge on any atom is 0.137 e. The second kappa shape index (κ2) is 5.74. The molecular formula is C17H20N4S. The van der Waals surface area contributed by atoms with Gasteiger partial charge in [0.05, 0.1) is 16.3 Å². The molecule has 1 saturated heterocycles. The highest BCUT2D eigenvalue weighted by atomic mass is 32.1. The number of thiophene rings is 1. The van der Waals surface area contributed by atoms with Crippen molar-refractivity contribution in [1.29, 1.82) is 0 Å². The quantitative estimate of drug-likeness (QED) is 0.807. The summed E-state index contributed by atoms with van der Waals surface area (Å²) in [6.07, 6.45) is 3.24. The van der Waals surface area contributed by atoms with E-state index in [4.69, 9.17) is 4.98 Å². The Labute approximate surface area is 134 Å². The number of anilines is 1. The first kappa shape index (κ1) is 13.8. The van der Waals surface area contributed by atoms with E-state index < -0.39 is 0 Å². The third kappa shape index (κ3) is 2.30. The lowest BCUT2D eigenvalue weighted by atomic mass is 10.2. The second-order valence-corrected chi connectivity index (χ2v) is 6.54. The number of imidazole rings is 1. The van der Waals surface area contributed by atoms with Gasteiger partial charge in [0.1, 0.15) is 11.3 Å². The second-order valence-electron chi connectivity index (χ2n) is 5.59. The number of aromatic nitrogens is 2. The normalized spacial score (nSPS) is 15.6. The number of hydrogen-bond donors (Lipinski definition) is 1. The molecule has 22 heavy (non-hydrogen) atoms. The predicted octanol–water partition coefficient (Wildman–Crippen LogP) is 3.03. The molecule has 4 heterocycles. The zero-order valence-electron chi connectivity index (χ0n) is 12.7. The fourth-order valence-corrected chi connectivity index (χ4v) is 3.88. The summed E-state index contributed by atoms with van der Waals surface area (Å²) in [6.45, 7) is 6.46. The number of fused-ring (bicyclic) bond motifs is 1. The van der Waals surface area contributed by atoms with Crippen LogP contribution in [0.1, 0.15) is 12.6 Å². The number of piperazine rings is 1. The molecule has 5 heteroatoms. The van der Waals surface area contributed by atoms with Gasteiger partial charge in [0, 0.05) is 32.4 Å². The van der Waals surface area contributed by atoms with E-state index in [1.54, 1.807) is 11.3 Å². The molecule has 4 rings (SSSR count). The monoisotopic (exact) mass is 312 g/mol. The number of aryl methyl sites for hydroxylation is 1. The van der Waals surface area contributed by atoms with Crippen LogP contribution in [0.4, 0.5) is 5.69 Å². The van der Waals surface area contributed by atoms with Crippen LogP contribution in [0.2, 0.25) is 0 Å². The molecule has 1 aliphatic heterocycles. The van der Waals surface area contributed by atoms with Crippen molar-refractivity contribution in [2.24, 2.45) is 0 Å². The minimum atomic E-state index is 0.986. The molecule has 1 aliphatic rings. The summed E-state index contributed by atoms with van der Waals surface area (Å²) in [5, 5.41) is 5.52. The van der Waals surface area contributed by atoms with Crippen molar-refractivity contribution in [2.75, 3.05) is 31.1 Å². The van der Waals surface area contributed by atoms with Gasteiger partial charge in [0.2, 0.25) is 0 Å². The Bertz CT molecular complexity index is 769. The van der Waals surface area contributed by atoms with Gasteiger partial charge in [-0.1, -0.05) is 13.0 Å². The first-order valence-corrected chi connectivity index (χ1v) is 8.75. The Morgan fingerprint density at radius 3 is 2.82 bits per heavy atom. The predicted molar refractivity (Wildman–Crippen MR) is 93.0 cm³/mol. The summed E-state index contributed by atoms with van der Waals surface area (Å²) >= 11 is 1.76. The average molecular weight is 312 g/mol. The molecular weight excluding hydrogens is 292 g/mol. The first-order chi connectivity index (χ1) is 10.9. The maximum atomic E-state index is 4.85. The summed E-state index contributed by atoms with van der Waals surface area (Å²) in [5.74, 6) is 0. The van der Waals surface area contributed by atoms with E-state index >= 15 is 0 Å². The third-order valence-electron chi connectivity index (χ3n) is 4.27. The van der Waals surface area contributed by atoms with Crippen LogP contribution in [-0.2, 0) is 6.42 Å². The van der Waals surface area contributed by atoms with Crippen molar-refractivity contribution in [3.8, 4) is 10.6 Å². The highest BCUT2D eigenvalue weighted by molar-refractivity contribution is 7.13. The van der Waals surface area contributed by atoms with Gasteiger partial charge in [-0.25, -0.2) is 4.98 Å². The number of rotatable bonds is 3. The summed E-state index contributed by atoms with van der Waals surface area (Å²) in [4.78, 5) is 8.55. The van der Waals surface area contributed by atoms with Crippen LogP contribution in [0.5, 0.6) is 0 Å². The van der Waals surface area contributed by atoms with Crippen molar-refractivity contribution in [3.63, 3.8) is 0 Å². The topological polar surface area (TPSA) is 32.6 Å². The van der Waals surface area contributed by atoms with E-state index in [9.17, 15) is 0 Å². The number of pyridine rings is 1. The van der Waals surface area contributed by atoms with Gasteiger partial charge >= 0.3 is 0 Å². The van der Waals surface area contributed by atoms with Gasteiger partial charge in [-0.3, -0.25) is 0 Å². The van der Waals surface area contributed by atoms with Gasteiger partial charge in [-0.2, -0.15) is 0 Å². The molecule has 0 amide bonds. The van der Waals surface area contributed by atoms with Crippen LogP contribution in [0, 0.1) is 0 Å². The summed E-state index contributed by atoms with van der Waals surface area (Å²) in [6, 6.07) is 8.59. The maximum absolute atomic E-state index is 4.85. The van der Waals surface area contributed by atoms with Crippen LogP contribution in [0.3, 0.4) is 0 Å². The molecule has 0 aliphatic carbocycles. The molecule has 1 N–H and O–H groups in total. The van der Waals surface area contributed by atoms with Crippen molar-refractivity contribution in [2.45, 2.75) is 13.3 Å². The molecule has 0 aromatic carbocycles. The van der Waals surface area contributed by atoms with Crippen LogP contribution in [-0.4, -0.2) is 35.6 Å². The number of hydrogen-bond acceptors (Lipinski definition) is 4. The third-order valence-corrected chi connectivity index (χ3v) is 5.15. The van der Waals surface area contributed by atoms with Gasteiger partial charge in [-0.15, -0.1) is 11.3 Å². The van der Waals surface area contributed by atoms with Gasteiger partial charge in [-0.05, 0) is 30.0 Å². The van der Waals surface area contributed by atoms with Gasteiger partial charge in [0.25, 0.3) is 0 Å². The van der Waals surface area contributed by atoms with E-state index in [-0.39, 0.29) is 0 Å². The van der Waals surface area contributed by atoms with E-state index in [0.29, 0.717) is 0 Å². The molecule has 3 aromatic heterocycles. The lowest BCUT2D eigenvalue weighted by Crippen LogP contribution is -2.43. The van der Waals surface area contributed by atoms with Crippen LogP contribution < -0.4 is 10.2 Å². The van der Waals surface area contributed by atoms with Crippen LogP contribution in [0.15, 0.2) is 35.8 Å². The molecule has 0 bridgehead atoms. The molecule has 0 spiro atoms. The average Bonchev–Trinajstić information content (AvgIpc) is 3.22. The van der Waals surface area contributed by atoms with Crippen molar-refractivity contribution < 1.29 is 0 Å². The van der Waals surface area contributed by atoms with E-state index in [0.717, 1.165) is 43.9 Å². The molecule has 0 saturated carbocycles. The Hall–Kier alpha value is -1.85. The van der Waals surface area contributed by atoms with Gasteiger partial charge in [0.15, 0.2) is 0 Å². The summed E-state index contributed by atoms with van der Waals surface area (Å²) in [5.41, 5.74) is 4.77. The first-order valence-electron chi connectivity index (χ1n) is 7.87. The fraction of sp³-hybridized carbons (Fsp3) is 0.353. The summed E-state index contributed by atoms with van der Waals surface area (Å²) in [7, 11) is 0. The number of nitrogens with zero attached hydrogens (tertiary/aromatic N) is 3. The van der Waals surface area contributed by atoms with E-state index in [1.807, 2.05) is 0 Å². The standard InChI is InChI=1S/C17H20N4S/c1-2-14-17(15-4-3-11-22-15)19-16-6-5-13(12-21(14)16)20-9-7-18-8-10-20/h3-6,11-12,18H,2,7-10H2,1H3. The van der Waals surface area contributed by atoms with Gasteiger partial charge < -0.3 is 14.6 Å². The largest absolute Gasteiger partial charge is 0.368 e. The molecule has 1 fully saturated rings. The minimum Gasteiger partial charge on any atom is -0.368 e.